The predicted molar refractivity (Wildman–Crippen MR) is 67.2 cm³/mol. The summed E-state index contributed by atoms with van der Waals surface area (Å²) in [5, 5.41) is 0. The number of unbranched alkanes of at least 4 members (excludes halogenated alkanes) is 3. The van der Waals surface area contributed by atoms with Crippen molar-refractivity contribution < 1.29 is 14.6 Å². The molecule has 1 rings (SSSR count). The van der Waals surface area contributed by atoms with Gasteiger partial charge in [0, 0.05) is 0 Å². The highest BCUT2D eigenvalue weighted by atomic mass is 17.2. The van der Waals surface area contributed by atoms with Gasteiger partial charge in [0.05, 0.1) is 13.5 Å². The Morgan fingerprint density at radius 2 is 1.88 bits per heavy atom. The maximum Gasteiger partial charge on any atom is 0.342 e. The molecule has 0 radical (unpaired) electrons. The largest absolute Gasteiger partial charge is 0.342 e. The number of rotatable bonds is 8. The summed E-state index contributed by atoms with van der Waals surface area (Å²) in [5.41, 5.74) is 0.305. The van der Waals surface area contributed by atoms with Crippen molar-refractivity contribution in [2.45, 2.75) is 59.3 Å². The van der Waals surface area contributed by atoms with E-state index in [1.54, 1.807) is 0 Å². The Balaban J connectivity index is 2.25. The second-order valence-corrected chi connectivity index (χ2v) is 5.71. The summed E-state index contributed by atoms with van der Waals surface area (Å²) < 4.78 is 0. The number of hydrogen-bond acceptors (Lipinski definition) is 3. The van der Waals surface area contributed by atoms with E-state index in [4.69, 9.17) is 0 Å². The first-order valence-electron chi connectivity index (χ1n) is 6.77. The van der Waals surface area contributed by atoms with Crippen LogP contribution in [-0.4, -0.2) is 13.1 Å². The van der Waals surface area contributed by atoms with Gasteiger partial charge in [0.1, 0.15) is 0 Å². The van der Waals surface area contributed by atoms with Crippen LogP contribution in [-0.2, 0) is 14.6 Å². The van der Waals surface area contributed by atoms with Crippen molar-refractivity contribution in [3.8, 4) is 0 Å². The predicted octanol–water partition coefficient (Wildman–Crippen LogP) is 3.72. The third-order valence-electron chi connectivity index (χ3n) is 4.22. The molecule has 100 valence electrons. The topological polar surface area (TPSA) is 35.5 Å². The van der Waals surface area contributed by atoms with Gasteiger partial charge in [-0.15, -0.1) is 0 Å². The molecule has 2 atom stereocenters. The first-order valence-corrected chi connectivity index (χ1v) is 6.77. The standard InChI is InChI=1S/C14H26O3/c1-5-6-7-8-9-11-12(14(11,2)3)10-13(15)17-16-4/h11-12H,5-10H2,1-4H3. The molecule has 0 aliphatic heterocycles. The molecule has 1 aliphatic rings. The van der Waals surface area contributed by atoms with Gasteiger partial charge in [-0.05, 0) is 23.7 Å². The molecule has 0 N–H and O–H groups in total. The van der Waals surface area contributed by atoms with Crippen molar-refractivity contribution >= 4 is 5.97 Å². The van der Waals surface area contributed by atoms with Crippen LogP contribution in [0, 0.1) is 17.3 Å². The Kier molecular flexibility index (Phi) is 5.44. The average molecular weight is 242 g/mol. The lowest BCUT2D eigenvalue weighted by molar-refractivity contribution is -0.255. The van der Waals surface area contributed by atoms with Crippen molar-refractivity contribution in [1.29, 1.82) is 0 Å². The van der Waals surface area contributed by atoms with Crippen LogP contribution in [0.1, 0.15) is 59.3 Å². The fraction of sp³-hybridized carbons (Fsp3) is 0.929. The quantitative estimate of drug-likeness (QED) is 0.369. The molecule has 0 spiro atoms. The van der Waals surface area contributed by atoms with Gasteiger partial charge in [0.2, 0.25) is 0 Å². The Labute approximate surface area is 105 Å². The van der Waals surface area contributed by atoms with E-state index in [0.717, 1.165) is 0 Å². The third-order valence-corrected chi connectivity index (χ3v) is 4.22. The van der Waals surface area contributed by atoms with Gasteiger partial charge >= 0.3 is 5.97 Å². The molecule has 3 nitrogen and oxygen atoms in total. The molecule has 1 saturated carbocycles. The molecule has 0 aromatic heterocycles. The molecule has 0 heterocycles. The van der Waals surface area contributed by atoms with Gasteiger partial charge in [0.25, 0.3) is 0 Å². The maximum absolute atomic E-state index is 11.4. The van der Waals surface area contributed by atoms with Crippen molar-refractivity contribution in [3.63, 3.8) is 0 Å². The summed E-state index contributed by atoms with van der Waals surface area (Å²) in [6.07, 6.45) is 6.95. The minimum Gasteiger partial charge on any atom is -0.299 e. The second kappa shape index (κ2) is 6.39. The summed E-state index contributed by atoms with van der Waals surface area (Å²) in [6.45, 7) is 6.73. The summed E-state index contributed by atoms with van der Waals surface area (Å²) in [5.74, 6) is 0.928. The van der Waals surface area contributed by atoms with Crippen LogP contribution in [0.5, 0.6) is 0 Å². The highest BCUT2D eigenvalue weighted by molar-refractivity contribution is 5.69. The van der Waals surface area contributed by atoms with E-state index in [2.05, 4.69) is 30.5 Å². The molecular weight excluding hydrogens is 216 g/mol. The third kappa shape index (κ3) is 3.98. The Bertz CT molecular complexity index is 248. The number of carbonyl (C=O) groups excluding carboxylic acids is 1. The molecule has 1 fully saturated rings. The highest BCUT2D eigenvalue weighted by Crippen LogP contribution is 2.62. The van der Waals surface area contributed by atoms with E-state index < -0.39 is 0 Å². The molecule has 2 unspecified atom stereocenters. The molecule has 1 aliphatic carbocycles. The summed E-state index contributed by atoms with van der Waals surface area (Å²) in [7, 11) is 1.37. The van der Waals surface area contributed by atoms with Gasteiger partial charge in [-0.3, -0.25) is 4.89 Å². The Hall–Kier alpha value is -0.570. The molecular formula is C14H26O3. The zero-order chi connectivity index (χ0) is 12.9. The molecule has 0 aromatic rings. The summed E-state index contributed by atoms with van der Waals surface area (Å²) in [4.78, 5) is 20.3. The minimum atomic E-state index is -0.235. The zero-order valence-electron chi connectivity index (χ0n) is 11.6. The van der Waals surface area contributed by atoms with Crippen LogP contribution in [0.2, 0.25) is 0 Å². The van der Waals surface area contributed by atoms with Crippen molar-refractivity contribution in [2.75, 3.05) is 7.11 Å². The average Bonchev–Trinajstić information content (AvgIpc) is 2.76. The minimum absolute atomic E-state index is 0.235. The molecule has 0 aromatic carbocycles. The van der Waals surface area contributed by atoms with Crippen LogP contribution < -0.4 is 0 Å². The van der Waals surface area contributed by atoms with Crippen molar-refractivity contribution in [3.05, 3.63) is 0 Å². The van der Waals surface area contributed by atoms with E-state index in [1.165, 1.54) is 39.2 Å². The summed E-state index contributed by atoms with van der Waals surface area (Å²) >= 11 is 0. The maximum atomic E-state index is 11.4. The van der Waals surface area contributed by atoms with E-state index in [1.807, 2.05) is 0 Å². The number of carbonyl (C=O) groups is 1. The fourth-order valence-corrected chi connectivity index (χ4v) is 2.93. The van der Waals surface area contributed by atoms with Crippen LogP contribution in [0.4, 0.5) is 0 Å². The smallest absolute Gasteiger partial charge is 0.299 e. The molecule has 3 heteroatoms. The van der Waals surface area contributed by atoms with Crippen LogP contribution >= 0.6 is 0 Å². The first-order chi connectivity index (χ1) is 8.04. The van der Waals surface area contributed by atoms with Gasteiger partial charge < -0.3 is 0 Å². The van der Waals surface area contributed by atoms with Gasteiger partial charge in [-0.1, -0.05) is 46.5 Å². The molecule has 0 saturated heterocycles. The fourth-order valence-electron chi connectivity index (χ4n) is 2.93. The van der Waals surface area contributed by atoms with Crippen LogP contribution in [0.15, 0.2) is 0 Å². The van der Waals surface area contributed by atoms with Crippen molar-refractivity contribution in [2.24, 2.45) is 17.3 Å². The van der Waals surface area contributed by atoms with Gasteiger partial charge in [-0.2, -0.15) is 4.89 Å². The molecule has 0 bridgehead atoms. The normalized spacial score (nSPS) is 25.6. The Morgan fingerprint density at radius 3 is 2.47 bits per heavy atom. The lowest BCUT2D eigenvalue weighted by Gasteiger charge is -2.02. The summed E-state index contributed by atoms with van der Waals surface area (Å²) in [6, 6.07) is 0. The van der Waals surface area contributed by atoms with Crippen LogP contribution in [0.25, 0.3) is 0 Å². The SMILES string of the molecule is CCCCCCC1C(CC(=O)OOC)C1(C)C. The van der Waals surface area contributed by atoms with Gasteiger partial charge in [0.15, 0.2) is 0 Å². The van der Waals surface area contributed by atoms with Crippen LogP contribution in [0.3, 0.4) is 0 Å². The zero-order valence-corrected chi connectivity index (χ0v) is 11.6. The Morgan fingerprint density at radius 1 is 1.18 bits per heavy atom. The lowest BCUT2D eigenvalue weighted by Crippen LogP contribution is -2.06. The van der Waals surface area contributed by atoms with E-state index >= 15 is 0 Å². The van der Waals surface area contributed by atoms with E-state index in [9.17, 15) is 4.79 Å². The monoisotopic (exact) mass is 242 g/mol. The van der Waals surface area contributed by atoms with E-state index in [0.29, 0.717) is 23.7 Å². The molecule has 0 amide bonds. The second-order valence-electron chi connectivity index (χ2n) is 5.71. The number of hydrogen-bond donors (Lipinski definition) is 0. The van der Waals surface area contributed by atoms with E-state index in [-0.39, 0.29) is 5.97 Å². The van der Waals surface area contributed by atoms with Gasteiger partial charge in [-0.25, -0.2) is 4.79 Å². The first kappa shape index (κ1) is 14.5. The lowest BCUT2D eigenvalue weighted by atomic mass is 10.0. The molecule has 17 heavy (non-hydrogen) atoms. The van der Waals surface area contributed by atoms with Crippen molar-refractivity contribution in [1.82, 2.24) is 0 Å². The highest BCUT2D eigenvalue weighted by Gasteiger charge is 2.57.